The van der Waals surface area contributed by atoms with E-state index in [1.165, 1.54) is 0 Å². The Balaban J connectivity index is 2.51. The van der Waals surface area contributed by atoms with Gasteiger partial charge in [0.15, 0.2) is 5.76 Å². The molecule has 0 aromatic rings. The molecule has 0 aliphatic carbocycles. The van der Waals surface area contributed by atoms with Gasteiger partial charge in [0.1, 0.15) is 36.6 Å². The normalized spacial score (nSPS) is 42.7. The fourth-order valence-electron chi connectivity index (χ4n) is 2.73. The number of aliphatic hydroxyl groups excluding tert-OH is 8. The summed E-state index contributed by atoms with van der Waals surface area (Å²) in [6, 6.07) is 0. The molecule has 1 saturated heterocycles. The molecule has 11 heteroatoms. The van der Waals surface area contributed by atoms with Crippen LogP contribution in [0.15, 0.2) is 11.5 Å². The molecule has 0 bridgehead atoms. The summed E-state index contributed by atoms with van der Waals surface area (Å²) in [7, 11) is 0. The van der Waals surface area contributed by atoms with Gasteiger partial charge in [-0.3, -0.25) is 0 Å². The predicted molar refractivity (Wildman–Crippen MR) is 68.0 cm³/mol. The summed E-state index contributed by atoms with van der Waals surface area (Å²) in [5.41, 5.74) is -2.62. The number of rotatable bonds is 4. The zero-order chi connectivity index (χ0) is 17.5. The van der Waals surface area contributed by atoms with E-state index in [-0.39, 0.29) is 0 Å². The van der Waals surface area contributed by atoms with Crippen LogP contribution in [0.4, 0.5) is 0 Å². The number of carbonyl (C=O) groups excluding carboxylic acids is 1. The van der Waals surface area contributed by atoms with Crippen molar-refractivity contribution >= 4 is 5.97 Å². The average molecular weight is 338 g/mol. The zero-order valence-corrected chi connectivity index (χ0v) is 11.7. The second-order valence-corrected chi connectivity index (χ2v) is 5.33. The molecule has 1 unspecified atom stereocenters. The highest BCUT2D eigenvalue weighted by molar-refractivity contribution is 5.90. The Bertz CT molecular complexity index is 503. The lowest BCUT2D eigenvalue weighted by molar-refractivity contribution is -0.283. The number of hydrogen-bond acceptors (Lipinski definition) is 11. The molecule has 2 aliphatic rings. The van der Waals surface area contributed by atoms with Crippen molar-refractivity contribution in [1.82, 2.24) is 0 Å². The molecule has 11 nitrogen and oxygen atoms in total. The molecular formula is C12H18O11. The van der Waals surface area contributed by atoms with Gasteiger partial charge in [0.2, 0.25) is 11.4 Å². The van der Waals surface area contributed by atoms with Gasteiger partial charge in [-0.1, -0.05) is 0 Å². The lowest BCUT2D eigenvalue weighted by Crippen LogP contribution is -2.69. The van der Waals surface area contributed by atoms with Crippen molar-refractivity contribution in [3.05, 3.63) is 11.5 Å². The topological polar surface area (TPSA) is 197 Å². The highest BCUT2D eigenvalue weighted by Gasteiger charge is 2.65. The molecule has 0 aromatic carbocycles. The molecule has 0 saturated carbocycles. The van der Waals surface area contributed by atoms with Crippen molar-refractivity contribution in [2.75, 3.05) is 13.2 Å². The second kappa shape index (κ2) is 6.20. The maximum Gasteiger partial charge on any atom is 0.378 e. The van der Waals surface area contributed by atoms with Gasteiger partial charge in [-0.2, -0.15) is 0 Å². The molecule has 0 radical (unpaired) electrons. The third-order valence-electron chi connectivity index (χ3n) is 4.03. The van der Waals surface area contributed by atoms with Crippen LogP contribution in [-0.4, -0.2) is 102 Å². The van der Waals surface area contributed by atoms with Gasteiger partial charge in [-0.15, -0.1) is 0 Å². The van der Waals surface area contributed by atoms with Crippen LogP contribution in [0.2, 0.25) is 0 Å². The molecule has 1 fully saturated rings. The lowest BCUT2D eigenvalue weighted by atomic mass is 9.80. The fourth-order valence-corrected chi connectivity index (χ4v) is 2.73. The Kier molecular flexibility index (Phi) is 4.82. The highest BCUT2D eigenvalue weighted by Crippen LogP contribution is 2.42. The van der Waals surface area contributed by atoms with Crippen molar-refractivity contribution < 1.29 is 55.1 Å². The number of hydrogen-bond donors (Lipinski definition) is 8. The zero-order valence-electron chi connectivity index (χ0n) is 11.7. The first kappa shape index (κ1) is 17.9. The molecule has 0 amide bonds. The minimum absolute atomic E-state index is 0.808. The van der Waals surface area contributed by atoms with Gasteiger partial charge in [0.05, 0.1) is 13.2 Å². The molecule has 2 rings (SSSR count). The summed E-state index contributed by atoms with van der Waals surface area (Å²) in [5, 5.41) is 77.3. The summed E-state index contributed by atoms with van der Waals surface area (Å²) < 4.78 is 9.87. The molecule has 0 aromatic heterocycles. The molecular weight excluding hydrogens is 320 g/mol. The van der Waals surface area contributed by atoms with E-state index < -0.39 is 72.9 Å². The van der Waals surface area contributed by atoms with Crippen LogP contribution in [0.3, 0.4) is 0 Å². The van der Waals surface area contributed by atoms with E-state index >= 15 is 0 Å². The number of ether oxygens (including phenoxy) is 2. The van der Waals surface area contributed by atoms with E-state index in [4.69, 9.17) is 19.7 Å². The first-order chi connectivity index (χ1) is 10.7. The molecule has 2 heterocycles. The predicted octanol–water partition coefficient (Wildman–Crippen LogP) is -4.19. The summed E-state index contributed by atoms with van der Waals surface area (Å²) in [6.07, 6.45) is -11.0. The number of aliphatic hydroxyl groups is 8. The Labute approximate surface area is 129 Å². The molecule has 132 valence electrons. The second-order valence-electron chi connectivity index (χ2n) is 5.33. The van der Waals surface area contributed by atoms with Crippen molar-refractivity contribution in [1.29, 1.82) is 0 Å². The van der Waals surface area contributed by atoms with Gasteiger partial charge >= 0.3 is 5.97 Å². The quantitative estimate of drug-likeness (QED) is 0.231. The third-order valence-corrected chi connectivity index (χ3v) is 4.03. The average Bonchev–Trinajstić information content (AvgIpc) is 2.77. The van der Waals surface area contributed by atoms with Gasteiger partial charge < -0.3 is 50.3 Å². The molecule has 7 atom stereocenters. The SMILES string of the molecule is O=C1O[C@](C2O[C@H](CO)[C@@H](O)[C@H](O)[C@H]2O)([C@@H](O)CO)C(O)=C1O. The molecule has 2 aliphatic heterocycles. The van der Waals surface area contributed by atoms with Gasteiger partial charge in [0.25, 0.3) is 0 Å². The number of esters is 1. The number of carbonyl (C=O) groups is 1. The van der Waals surface area contributed by atoms with Crippen LogP contribution in [-0.2, 0) is 14.3 Å². The van der Waals surface area contributed by atoms with Crippen LogP contribution in [0.5, 0.6) is 0 Å². The fraction of sp³-hybridized carbons (Fsp3) is 0.750. The summed E-state index contributed by atoms with van der Waals surface area (Å²) in [6.45, 7) is -1.88. The summed E-state index contributed by atoms with van der Waals surface area (Å²) in [5.74, 6) is -3.94. The lowest BCUT2D eigenvalue weighted by Gasteiger charge is -2.47. The van der Waals surface area contributed by atoms with Crippen LogP contribution < -0.4 is 0 Å². The highest BCUT2D eigenvalue weighted by atomic mass is 16.6. The maximum atomic E-state index is 11.5. The van der Waals surface area contributed by atoms with Crippen molar-refractivity contribution in [2.24, 2.45) is 0 Å². The number of cyclic esters (lactones) is 1. The van der Waals surface area contributed by atoms with Crippen LogP contribution in [0, 0.1) is 0 Å². The Hall–Kier alpha value is -1.47. The van der Waals surface area contributed by atoms with Crippen molar-refractivity contribution in [3.63, 3.8) is 0 Å². The largest absolute Gasteiger partial charge is 0.505 e. The van der Waals surface area contributed by atoms with Crippen LogP contribution >= 0.6 is 0 Å². The van der Waals surface area contributed by atoms with Gasteiger partial charge in [-0.05, 0) is 0 Å². The van der Waals surface area contributed by atoms with E-state index in [1.807, 2.05) is 0 Å². The van der Waals surface area contributed by atoms with Gasteiger partial charge in [0, 0.05) is 0 Å². The summed E-state index contributed by atoms with van der Waals surface area (Å²) >= 11 is 0. The van der Waals surface area contributed by atoms with E-state index in [0.717, 1.165) is 0 Å². The van der Waals surface area contributed by atoms with Crippen LogP contribution in [0.25, 0.3) is 0 Å². The van der Waals surface area contributed by atoms with Gasteiger partial charge in [-0.25, -0.2) is 4.79 Å². The van der Waals surface area contributed by atoms with Crippen molar-refractivity contribution in [3.8, 4) is 0 Å². The third kappa shape index (κ3) is 2.46. The maximum absolute atomic E-state index is 11.5. The summed E-state index contributed by atoms with van der Waals surface area (Å²) in [4.78, 5) is 11.5. The van der Waals surface area contributed by atoms with E-state index in [0.29, 0.717) is 0 Å². The molecule has 23 heavy (non-hydrogen) atoms. The van der Waals surface area contributed by atoms with Crippen LogP contribution in [0.1, 0.15) is 0 Å². The Morgan fingerprint density at radius 1 is 1.09 bits per heavy atom. The molecule has 0 spiro atoms. The first-order valence-electron chi connectivity index (χ1n) is 6.67. The monoisotopic (exact) mass is 338 g/mol. The van der Waals surface area contributed by atoms with Crippen molar-refractivity contribution in [2.45, 2.75) is 42.2 Å². The minimum atomic E-state index is -2.62. The Morgan fingerprint density at radius 3 is 2.13 bits per heavy atom. The first-order valence-corrected chi connectivity index (χ1v) is 6.67. The van der Waals surface area contributed by atoms with E-state index in [2.05, 4.69) is 0 Å². The standard InChI is InChI=1S/C12H18O11/c13-1-3-5(16)6(17)7(18)10(22-3)12(4(15)2-14)9(20)8(19)11(21)23-12/h3-7,10,13-20H,1-2H2/t3-,4+,5-,6+,7-,10?,12-/m1/s1. The minimum Gasteiger partial charge on any atom is -0.505 e. The van der Waals surface area contributed by atoms with E-state index in [1.54, 1.807) is 0 Å². The smallest absolute Gasteiger partial charge is 0.378 e. The molecule has 8 N–H and O–H groups in total. The van der Waals surface area contributed by atoms with E-state index in [9.17, 15) is 35.4 Å². The Morgan fingerprint density at radius 2 is 1.70 bits per heavy atom.